The third-order valence-corrected chi connectivity index (χ3v) is 5.18. The molecule has 1 aromatic rings. The Morgan fingerprint density at radius 2 is 1.55 bits per heavy atom. The molecule has 2 amide bonds. The molecule has 3 atom stereocenters. The highest BCUT2D eigenvalue weighted by Crippen LogP contribution is 2.42. The molecule has 1 aliphatic carbocycles. The van der Waals surface area contributed by atoms with Crippen molar-refractivity contribution in [2.24, 2.45) is 17.8 Å². The average Bonchev–Trinajstić information content (AvgIpc) is 2.70. The Labute approximate surface area is 132 Å². The molecular formula is C19H25NO2. The second-order valence-electron chi connectivity index (χ2n) is 7.94. The van der Waals surface area contributed by atoms with E-state index in [1.165, 1.54) is 10.5 Å². The largest absolute Gasteiger partial charge is 0.274 e. The number of amides is 2. The maximum Gasteiger partial charge on any atom is 0.237 e. The monoisotopic (exact) mass is 299 g/mol. The van der Waals surface area contributed by atoms with Gasteiger partial charge in [0.1, 0.15) is 0 Å². The van der Waals surface area contributed by atoms with Crippen LogP contribution in [-0.4, -0.2) is 11.8 Å². The number of carbonyl (C=O) groups is 2. The first-order chi connectivity index (χ1) is 10.3. The van der Waals surface area contributed by atoms with Crippen LogP contribution in [0.2, 0.25) is 0 Å². The van der Waals surface area contributed by atoms with Crippen LogP contribution in [0.3, 0.4) is 0 Å². The van der Waals surface area contributed by atoms with Gasteiger partial charge < -0.3 is 0 Å². The molecule has 0 spiro atoms. The zero-order chi connectivity index (χ0) is 16.1. The summed E-state index contributed by atoms with van der Waals surface area (Å²) < 4.78 is 0. The van der Waals surface area contributed by atoms with Crippen LogP contribution in [0.4, 0.5) is 5.69 Å². The number of nitrogens with zero attached hydrogens (tertiary/aromatic N) is 1. The number of hydrogen-bond donors (Lipinski definition) is 0. The molecule has 118 valence electrons. The van der Waals surface area contributed by atoms with Crippen LogP contribution in [0.15, 0.2) is 24.3 Å². The molecule has 1 aromatic carbocycles. The van der Waals surface area contributed by atoms with Crippen LogP contribution in [-0.2, 0) is 15.0 Å². The van der Waals surface area contributed by atoms with Gasteiger partial charge >= 0.3 is 0 Å². The minimum Gasteiger partial charge on any atom is -0.274 e. The van der Waals surface area contributed by atoms with Gasteiger partial charge in [0.05, 0.1) is 17.5 Å². The third kappa shape index (κ3) is 2.47. The molecule has 1 aliphatic heterocycles. The molecule has 0 unspecified atom stereocenters. The van der Waals surface area contributed by atoms with Crippen molar-refractivity contribution in [1.82, 2.24) is 0 Å². The second-order valence-corrected chi connectivity index (χ2v) is 7.94. The molecule has 22 heavy (non-hydrogen) atoms. The summed E-state index contributed by atoms with van der Waals surface area (Å²) in [5, 5.41) is 0. The molecule has 0 aromatic heterocycles. The standard InChI is InChI=1S/C19H25NO2/c1-12-5-10-15-16(11-12)18(22)20(17(15)21)14-8-6-13(7-9-14)19(2,3)4/h6-9,12,15-16H,5,10-11H2,1-4H3/t12-,15+,16+/m1/s1. The summed E-state index contributed by atoms with van der Waals surface area (Å²) in [4.78, 5) is 26.8. The number of imide groups is 1. The minimum atomic E-state index is -0.0986. The van der Waals surface area contributed by atoms with Crippen LogP contribution in [0.1, 0.15) is 52.5 Å². The zero-order valence-electron chi connectivity index (χ0n) is 13.9. The number of carbonyl (C=O) groups excluding carboxylic acids is 2. The van der Waals surface area contributed by atoms with Gasteiger partial charge in [0, 0.05) is 0 Å². The van der Waals surface area contributed by atoms with Gasteiger partial charge in [0.2, 0.25) is 11.8 Å². The van der Waals surface area contributed by atoms with E-state index in [4.69, 9.17) is 0 Å². The highest BCUT2D eigenvalue weighted by molar-refractivity contribution is 6.22. The van der Waals surface area contributed by atoms with E-state index in [2.05, 4.69) is 27.7 Å². The highest BCUT2D eigenvalue weighted by atomic mass is 16.2. The molecule has 0 bridgehead atoms. The fraction of sp³-hybridized carbons (Fsp3) is 0.579. The molecule has 2 fully saturated rings. The lowest BCUT2D eigenvalue weighted by Crippen LogP contribution is -2.30. The Morgan fingerprint density at radius 1 is 0.955 bits per heavy atom. The Kier molecular flexibility index (Phi) is 3.62. The first-order valence-corrected chi connectivity index (χ1v) is 8.27. The van der Waals surface area contributed by atoms with Gasteiger partial charge in [-0.3, -0.25) is 14.5 Å². The van der Waals surface area contributed by atoms with Gasteiger partial charge in [-0.1, -0.05) is 39.8 Å². The van der Waals surface area contributed by atoms with Crippen LogP contribution >= 0.6 is 0 Å². The first-order valence-electron chi connectivity index (χ1n) is 8.27. The molecule has 0 N–H and O–H groups in total. The van der Waals surface area contributed by atoms with Crippen molar-refractivity contribution in [2.75, 3.05) is 4.90 Å². The second kappa shape index (κ2) is 5.22. The van der Waals surface area contributed by atoms with Crippen LogP contribution in [0.25, 0.3) is 0 Å². The SMILES string of the molecule is C[C@@H]1CC[C@@H]2C(=O)N(c3ccc(C(C)(C)C)cc3)C(=O)[C@H]2C1. The molecule has 2 aliphatic rings. The summed E-state index contributed by atoms with van der Waals surface area (Å²) in [5.41, 5.74) is 2.01. The van der Waals surface area contributed by atoms with Crippen LogP contribution in [0, 0.1) is 17.8 Å². The third-order valence-electron chi connectivity index (χ3n) is 5.18. The van der Waals surface area contributed by atoms with E-state index < -0.39 is 0 Å². The molecule has 0 radical (unpaired) electrons. The van der Waals surface area contributed by atoms with Crippen LogP contribution in [0.5, 0.6) is 0 Å². The molecule has 1 saturated carbocycles. The van der Waals surface area contributed by atoms with E-state index in [-0.39, 0.29) is 29.1 Å². The van der Waals surface area contributed by atoms with Crippen LogP contribution < -0.4 is 4.90 Å². The van der Waals surface area contributed by atoms with E-state index >= 15 is 0 Å². The Bertz CT molecular complexity index is 597. The van der Waals surface area contributed by atoms with E-state index in [1.54, 1.807) is 0 Å². The Morgan fingerprint density at radius 3 is 2.14 bits per heavy atom. The lowest BCUT2D eigenvalue weighted by atomic mass is 9.76. The van der Waals surface area contributed by atoms with Crippen molar-refractivity contribution in [3.05, 3.63) is 29.8 Å². The summed E-state index contributed by atoms with van der Waals surface area (Å²) in [7, 11) is 0. The van der Waals surface area contributed by atoms with Gasteiger partial charge in [-0.15, -0.1) is 0 Å². The lowest BCUT2D eigenvalue weighted by molar-refractivity contribution is -0.122. The van der Waals surface area contributed by atoms with Crippen molar-refractivity contribution in [3.63, 3.8) is 0 Å². The normalized spacial score (nSPS) is 28.9. The van der Waals surface area contributed by atoms with Gasteiger partial charge in [-0.25, -0.2) is 0 Å². The first kappa shape index (κ1) is 15.3. The number of anilines is 1. The topological polar surface area (TPSA) is 37.4 Å². The van der Waals surface area contributed by atoms with Gasteiger partial charge in [0.15, 0.2) is 0 Å². The van der Waals surface area contributed by atoms with Crippen molar-refractivity contribution in [1.29, 1.82) is 0 Å². The zero-order valence-corrected chi connectivity index (χ0v) is 13.9. The maximum atomic E-state index is 12.7. The molecule has 1 saturated heterocycles. The van der Waals surface area contributed by atoms with E-state index in [0.29, 0.717) is 5.92 Å². The van der Waals surface area contributed by atoms with Crippen molar-refractivity contribution in [2.45, 2.75) is 52.4 Å². The number of benzene rings is 1. The summed E-state index contributed by atoms with van der Waals surface area (Å²) in [6, 6.07) is 7.88. The predicted octanol–water partition coefficient (Wildman–Crippen LogP) is 3.91. The van der Waals surface area contributed by atoms with Gasteiger partial charge in [0.25, 0.3) is 0 Å². The molecule has 1 heterocycles. The quantitative estimate of drug-likeness (QED) is 0.737. The summed E-state index contributed by atoms with van der Waals surface area (Å²) in [5.74, 6) is 0.362. The average molecular weight is 299 g/mol. The predicted molar refractivity (Wildman–Crippen MR) is 87.6 cm³/mol. The summed E-state index contributed by atoms with van der Waals surface area (Å²) in [6.45, 7) is 8.65. The minimum absolute atomic E-state index is 0.00468. The fourth-order valence-electron chi connectivity index (χ4n) is 3.75. The fourth-order valence-corrected chi connectivity index (χ4v) is 3.75. The molecule has 3 rings (SSSR count). The van der Waals surface area contributed by atoms with Crippen molar-refractivity contribution < 1.29 is 9.59 Å². The lowest BCUT2D eigenvalue weighted by Gasteiger charge is -2.25. The summed E-state index contributed by atoms with van der Waals surface area (Å²) >= 11 is 0. The molecular weight excluding hydrogens is 274 g/mol. The van der Waals surface area contributed by atoms with Crippen molar-refractivity contribution in [3.8, 4) is 0 Å². The Hall–Kier alpha value is -1.64. The summed E-state index contributed by atoms with van der Waals surface area (Å²) in [6.07, 6.45) is 2.76. The highest BCUT2D eigenvalue weighted by Gasteiger charge is 2.49. The number of fused-ring (bicyclic) bond motifs is 1. The maximum absolute atomic E-state index is 12.7. The van der Waals surface area contributed by atoms with E-state index in [9.17, 15) is 9.59 Å². The van der Waals surface area contributed by atoms with E-state index in [1.807, 2.05) is 24.3 Å². The number of hydrogen-bond acceptors (Lipinski definition) is 2. The smallest absolute Gasteiger partial charge is 0.237 e. The van der Waals surface area contributed by atoms with Crippen molar-refractivity contribution >= 4 is 17.5 Å². The number of rotatable bonds is 1. The van der Waals surface area contributed by atoms with Gasteiger partial charge in [-0.05, 0) is 48.3 Å². The molecule has 3 nitrogen and oxygen atoms in total. The van der Waals surface area contributed by atoms with E-state index in [0.717, 1.165) is 24.9 Å². The Balaban J connectivity index is 1.89. The molecule has 3 heteroatoms. The van der Waals surface area contributed by atoms with Gasteiger partial charge in [-0.2, -0.15) is 0 Å².